The predicted octanol–water partition coefficient (Wildman–Crippen LogP) is 5.58. The normalized spacial score (nSPS) is 13.3. The number of hydrogen-bond donors (Lipinski definition) is 0. The van der Waals surface area contributed by atoms with Crippen LogP contribution in [0.1, 0.15) is 6.42 Å². The SMILES string of the molecule is COc1ccc(-c2ccc(N3CCCN(c4ccc(-c5ccc(OC)c(OC)c5OC)cn4)CC3)nc2)c(OC)c1OC. The molecule has 3 heterocycles. The molecular formula is C33H38N4O6. The minimum atomic E-state index is 0.559. The van der Waals surface area contributed by atoms with E-state index < -0.39 is 0 Å². The van der Waals surface area contributed by atoms with E-state index in [0.29, 0.717) is 34.5 Å². The van der Waals surface area contributed by atoms with Crippen LogP contribution in [-0.4, -0.2) is 78.8 Å². The van der Waals surface area contributed by atoms with Crippen molar-refractivity contribution in [3.63, 3.8) is 0 Å². The van der Waals surface area contributed by atoms with Crippen LogP contribution in [0.5, 0.6) is 34.5 Å². The van der Waals surface area contributed by atoms with Gasteiger partial charge in [0, 0.05) is 60.8 Å². The van der Waals surface area contributed by atoms with Gasteiger partial charge < -0.3 is 38.2 Å². The van der Waals surface area contributed by atoms with Gasteiger partial charge in [0.05, 0.1) is 42.7 Å². The molecule has 0 spiro atoms. The fourth-order valence-corrected chi connectivity index (χ4v) is 5.50. The molecule has 1 aliphatic rings. The predicted molar refractivity (Wildman–Crippen MR) is 168 cm³/mol. The molecule has 0 amide bonds. The highest BCUT2D eigenvalue weighted by atomic mass is 16.5. The third kappa shape index (κ3) is 5.90. The zero-order chi connectivity index (χ0) is 30.3. The van der Waals surface area contributed by atoms with Crippen molar-refractivity contribution in [2.24, 2.45) is 0 Å². The summed E-state index contributed by atoms with van der Waals surface area (Å²) in [4.78, 5) is 14.3. The van der Waals surface area contributed by atoms with Crippen molar-refractivity contribution in [3.05, 3.63) is 60.9 Å². The van der Waals surface area contributed by atoms with Gasteiger partial charge in [0.15, 0.2) is 23.0 Å². The zero-order valence-corrected chi connectivity index (χ0v) is 25.5. The van der Waals surface area contributed by atoms with Gasteiger partial charge in [0.2, 0.25) is 11.5 Å². The maximum atomic E-state index is 5.67. The van der Waals surface area contributed by atoms with Crippen LogP contribution in [0, 0.1) is 0 Å². The highest BCUT2D eigenvalue weighted by Gasteiger charge is 2.21. The molecule has 2 aromatic heterocycles. The summed E-state index contributed by atoms with van der Waals surface area (Å²) in [6, 6.07) is 15.9. The minimum Gasteiger partial charge on any atom is -0.493 e. The topological polar surface area (TPSA) is 87.6 Å². The van der Waals surface area contributed by atoms with Gasteiger partial charge in [-0.15, -0.1) is 0 Å². The van der Waals surface area contributed by atoms with Gasteiger partial charge in [0.1, 0.15) is 11.6 Å². The Morgan fingerprint density at radius 3 is 1.21 bits per heavy atom. The summed E-state index contributed by atoms with van der Waals surface area (Å²) in [5, 5.41) is 0. The van der Waals surface area contributed by atoms with E-state index in [0.717, 1.165) is 66.5 Å². The van der Waals surface area contributed by atoms with Gasteiger partial charge in [-0.05, 0) is 55.0 Å². The first-order valence-corrected chi connectivity index (χ1v) is 14.1. The summed E-state index contributed by atoms with van der Waals surface area (Å²) < 4.78 is 33.3. The summed E-state index contributed by atoms with van der Waals surface area (Å²) in [5.74, 6) is 5.46. The molecule has 226 valence electrons. The zero-order valence-electron chi connectivity index (χ0n) is 25.5. The van der Waals surface area contributed by atoms with Crippen molar-refractivity contribution in [2.45, 2.75) is 6.42 Å². The van der Waals surface area contributed by atoms with Crippen molar-refractivity contribution < 1.29 is 28.4 Å². The summed E-state index contributed by atoms with van der Waals surface area (Å²) in [6.45, 7) is 3.48. The number of aromatic nitrogens is 2. The molecule has 10 nitrogen and oxygen atoms in total. The lowest BCUT2D eigenvalue weighted by Crippen LogP contribution is -2.31. The van der Waals surface area contributed by atoms with Crippen LogP contribution in [-0.2, 0) is 0 Å². The average molecular weight is 587 g/mol. The van der Waals surface area contributed by atoms with E-state index in [2.05, 4.69) is 34.1 Å². The van der Waals surface area contributed by atoms with E-state index in [1.54, 1.807) is 42.7 Å². The fourth-order valence-electron chi connectivity index (χ4n) is 5.50. The van der Waals surface area contributed by atoms with E-state index in [9.17, 15) is 0 Å². The monoisotopic (exact) mass is 586 g/mol. The summed E-state index contributed by atoms with van der Waals surface area (Å²) in [6.07, 6.45) is 4.74. The van der Waals surface area contributed by atoms with Crippen LogP contribution in [0.15, 0.2) is 60.9 Å². The molecule has 1 fully saturated rings. The van der Waals surface area contributed by atoms with Gasteiger partial charge in [-0.1, -0.05) is 0 Å². The molecule has 2 aromatic carbocycles. The number of hydrogen-bond acceptors (Lipinski definition) is 10. The lowest BCUT2D eigenvalue weighted by molar-refractivity contribution is 0.325. The highest BCUT2D eigenvalue weighted by Crippen LogP contribution is 2.45. The van der Waals surface area contributed by atoms with Crippen molar-refractivity contribution in [1.82, 2.24) is 9.97 Å². The molecule has 0 bridgehead atoms. The third-order valence-corrected chi connectivity index (χ3v) is 7.67. The Morgan fingerprint density at radius 2 is 0.884 bits per heavy atom. The fraction of sp³-hybridized carbons (Fsp3) is 0.333. The summed E-state index contributed by atoms with van der Waals surface area (Å²) in [5.41, 5.74) is 3.66. The van der Waals surface area contributed by atoms with Crippen molar-refractivity contribution in [2.75, 3.05) is 78.6 Å². The summed E-state index contributed by atoms with van der Waals surface area (Å²) >= 11 is 0. The second-order valence-electron chi connectivity index (χ2n) is 9.90. The molecule has 0 N–H and O–H groups in total. The Kier molecular flexibility index (Phi) is 9.24. The largest absolute Gasteiger partial charge is 0.493 e. The standard InChI is InChI=1S/C33H38N4O6/c1-38-26-12-10-24(30(40-3)32(26)42-5)22-8-14-28(34-20-22)36-16-7-17-37(19-18-36)29-15-9-23(21-35-29)25-11-13-27(39-2)33(43-6)31(25)41-4/h8-15,20-21H,7,16-19H2,1-6H3. The third-order valence-electron chi connectivity index (χ3n) is 7.67. The van der Waals surface area contributed by atoms with E-state index in [-0.39, 0.29) is 0 Å². The lowest BCUT2D eigenvalue weighted by atomic mass is 10.1. The molecule has 0 aliphatic carbocycles. The van der Waals surface area contributed by atoms with Crippen LogP contribution in [0.2, 0.25) is 0 Å². The molecular weight excluding hydrogens is 548 g/mol. The average Bonchev–Trinajstić information content (AvgIpc) is 3.33. The van der Waals surface area contributed by atoms with Gasteiger partial charge in [-0.3, -0.25) is 0 Å². The number of methoxy groups -OCH3 is 6. The molecule has 10 heteroatoms. The molecule has 0 saturated carbocycles. The maximum Gasteiger partial charge on any atom is 0.203 e. The van der Waals surface area contributed by atoms with Crippen LogP contribution in [0.4, 0.5) is 11.6 Å². The van der Waals surface area contributed by atoms with Gasteiger partial charge in [0.25, 0.3) is 0 Å². The second-order valence-corrected chi connectivity index (χ2v) is 9.90. The number of benzene rings is 2. The molecule has 43 heavy (non-hydrogen) atoms. The Labute approximate surface area is 252 Å². The van der Waals surface area contributed by atoms with Crippen LogP contribution in [0.3, 0.4) is 0 Å². The Morgan fingerprint density at radius 1 is 0.465 bits per heavy atom. The molecule has 0 unspecified atom stereocenters. The van der Waals surface area contributed by atoms with Crippen molar-refractivity contribution >= 4 is 11.6 Å². The van der Waals surface area contributed by atoms with E-state index in [4.69, 9.17) is 38.4 Å². The Hall–Kier alpha value is -4.86. The Bertz CT molecular complexity index is 1410. The molecule has 0 atom stereocenters. The van der Waals surface area contributed by atoms with Crippen molar-refractivity contribution in [1.29, 1.82) is 0 Å². The van der Waals surface area contributed by atoms with Gasteiger partial charge >= 0.3 is 0 Å². The van der Waals surface area contributed by atoms with Crippen LogP contribution < -0.4 is 38.2 Å². The molecule has 4 aromatic rings. The summed E-state index contributed by atoms with van der Waals surface area (Å²) in [7, 11) is 9.68. The molecule has 5 rings (SSSR count). The first-order valence-electron chi connectivity index (χ1n) is 14.1. The minimum absolute atomic E-state index is 0.559. The van der Waals surface area contributed by atoms with Gasteiger partial charge in [-0.25, -0.2) is 9.97 Å². The molecule has 1 saturated heterocycles. The lowest BCUT2D eigenvalue weighted by Gasteiger charge is -2.24. The second kappa shape index (κ2) is 13.4. The van der Waals surface area contributed by atoms with Crippen LogP contribution >= 0.6 is 0 Å². The molecule has 0 radical (unpaired) electrons. The number of pyridine rings is 2. The number of ether oxygens (including phenoxy) is 6. The van der Waals surface area contributed by atoms with E-state index in [1.165, 1.54) is 0 Å². The maximum absolute atomic E-state index is 5.67. The van der Waals surface area contributed by atoms with Crippen molar-refractivity contribution in [3.8, 4) is 56.8 Å². The van der Waals surface area contributed by atoms with E-state index >= 15 is 0 Å². The number of anilines is 2. The Balaban J connectivity index is 1.29. The first kappa shape index (κ1) is 29.6. The number of nitrogens with zero attached hydrogens (tertiary/aromatic N) is 4. The smallest absolute Gasteiger partial charge is 0.203 e. The van der Waals surface area contributed by atoms with E-state index in [1.807, 2.05) is 36.7 Å². The van der Waals surface area contributed by atoms with Crippen LogP contribution in [0.25, 0.3) is 22.3 Å². The van der Waals surface area contributed by atoms with Gasteiger partial charge in [-0.2, -0.15) is 0 Å². The quantitative estimate of drug-likeness (QED) is 0.235. The number of rotatable bonds is 10. The molecule has 1 aliphatic heterocycles. The first-order chi connectivity index (χ1) is 21.1. The highest BCUT2D eigenvalue weighted by molar-refractivity contribution is 5.77.